The molecule has 2 aromatic carbocycles. The normalized spacial score (nSPS) is 27.0. The third-order valence-corrected chi connectivity index (χ3v) is 17.6. The van der Waals surface area contributed by atoms with Crippen molar-refractivity contribution < 1.29 is 23.9 Å². The maximum absolute atomic E-state index is 12.1. The molecule has 2 aromatic rings. The van der Waals surface area contributed by atoms with Crippen LogP contribution >= 0.6 is 0 Å². The predicted molar refractivity (Wildman–Crippen MR) is 257 cm³/mol. The highest BCUT2D eigenvalue weighted by atomic mass is 16.6. The minimum absolute atomic E-state index is 0.193. The van der Waals surface area contributed by atoms with E-state index in [0.29, 0.717) is 47.3 Å². The van der Waals surface area contributed by atoms with Gasteiger partial charge in [-0.1, -0.05) is 138 Å². The zero-order valence-electron chi connectivity index (χ0n) is 39.5. The number of alkyl carbamates (subject to hydrolysis) is 2. The van der Waals surface area contributed by atoms with Crippen LogP contribution in [0.15, 0.2) is 60.7 Å². The first kappa shape index (κ1) is 48.5. The Morgan fingerprint density at radius 2 is 0.922 bits per heavy atom. The van der Waals surface area contributed by atoms with Crippen molar-refractivity contribution in [1.82, 2.24) is 16.0 Å². The van der Waals surface area contributed by atoms with E-state index in [9.17, 15) is 14.4 Å². The molecular formula is C55H84N4O5. The van der Waals surface area contributed by atoms with Gasteiger partial charge in [0.15, 0.2) is 0 Å². The highest BCUT2D eigenvalue weighted by Crippen LogP contribution is 2.50. The molecule has 4 spiro atoms. The van der Waals surface area contributed by atoms with Crippen LogP contribution in [0.1, 0.15) is 197 Å². The van der Waals surface area contributed by atoms with Crippen molar-refractivity contribution in [2.45, 2.75) is 218 Å². The van der Waals surface area contributed by atoms with Crippen LogP contribution < -0.4 is 21.7 Å². The van der Waals surface area contributed by atoms with Gasteiger partial charge in [-0.25, -0.2) is 9.59 Å². The predicted octanol–water partition coefficient (Wildman–Crippen LogP) is 12.4. The van der Waals surface area contributed by atoms with Gasteiger partial charge in [0.05, 0.1) is 0 Å². The second kappa shape index (κ2) is 23.8. The summed E-state index contributed by atoms with van der Waals surface area (Å²) in [7, 11) is 0. The van der Waals surface area contributed by atoms with Gasteiger partial charge in [-0.2, -0.15) is 0 Å². The van der Waals surface area contributed by atoms with Gasteiger partial charge in [0.25, 0.3) is 0 Å². The number of Topliss-reactive ketones (excluding diaryl/α,β-unsaturated/α-hetero) is 1. The Morgan fingerprint density at radius 1 is 0.516 bits per heavy atom. The van der Waals surface area contributed by atoms with Crippen LogP contribution in [0.5, 0.6) is 0 Å². The van der Waals surface area contributed by atoms with Gasteiger partial charge < -0.3 is 31.2 Å². The number of amides is 2. The van der Waals surface area contributed by atoms with Gasteiger partial charge in [0.2, 0.25) is 0 Å². The number of piperidine rings is 1. The Kier molecular flexibility index (Phi) is 18.1. The first-order valence-electron chi connectivity index (χ1n) is 26.2. The highest BCUT2D eigenvalue weighted by molar-refractivity contribution is 5.86. The van der Waals surface area contributed by atoms with Gasteiger partial charge in [-0.05, 0) is 143 Å². The van der Waals surface area contributed by atoms with Crippen molar-refractivity contribution in [3.05, 3.63) is 71.8 Å². The van der Waals surface area contributed by atoms with Crippen molar-refractivity contribution >= 4 is 18.0 Å². The lowest BCUT2D eigenvalue weighted by Gasteiger charge is -2.39. The molecule has 9 heteroatoms. The maximum Gasteiger partial charge on any atom is 0.407 e. The fraction of sp³-hybridized carbons (Fsp3) is 0.727. The molecule has 9 nitrogen and oxygen atoms in total. The van der Waals surface area contributed by atoms with Gasteiger partial charge >= 0.3 is 12.2 Å². The molecule has 0 aromatic heterocycles. The van der Waals surface area contributed by atoms with Gasteiger partial charge in [-0.3, -0.25) is 4.79 Å². The van der Waals surface area contributed by atoms with E-state index in [0.717, 1.165) is 56.3 Å². The fourth-order valence-corrected chi connectivity index (χ4v) is 13.7. The number of ether oxygens (including phenoxy) is 2. The standard InChI is InChI=1S/C18H25NO2.C17H24N2O2.C10H19N.C10H16O/c20-17(21-14-15-8-3-1-4-9-15)19-16-10-7-13-18(16)11-5-2-6-12-18;20-16(21-13-14-5-2-1-3-6-14)19-15-7-4-8-17(15)9-11-18-12-10-17;2*11-9-5-4-8-10(9)6-2-1-3-7-10/h1,3-4,8-9,16H,2,5-7,10-14H2,(H,19,20);1-3,5-6,15,18H,4,7-13H2,(H,19,20);9H,1-8,11H2;1-8H2. The molecule has 2 amide bonds. The van der Waals surface area contributed by atoms with E-state index in [-0.39, 0.29) is 23.6 Å². The molecule has 0 radical (unpaired) electrons. The van der Waals surface area contributed by atoms with Crippen LogP contribution in [-0.2, 0) is 27.5 Å². The molecule has 3 atom stereocenters. The van der Waals surface area contributed by atoms with E-state index in [4.69, 9.17) is 15.2 Å². The average Bonchev–Trinajstić information content (AvgIpc) is 4.10. The summed E-state index contributed by atoms with van der Waals surface area (Å²) in [5.41, 5.74) is 9.67. The number of nitrogens with one attached hydrogen (secondary N) is 3. The molecule has 354 valence electrons. The lowest BCUT2D eigenvalue weighted by atomic mass is 9.70. The Morgan fingerprint density at radius 3 is 1.38 bits per heavy atom. The Balaban J connectivity index is 0.000000133. The molecular weight excluding hydrogens is 797 g/mol. The third kappa shape index (κ3) is 12.9. The second-order valence-corrected chi connectivity index (χ2v) is 21.4. The monoisotopic (exact) mass is 881 g/mol. The minimum Gasteiger partial charge on any atom is -0.445 e. The zero-order chi connectivity index (χ0) is 44.6. The van der Waals surface area contributed by atoms with Gasteiger partial charge in [0.1, 0.15) is 19.0 Å². The maximum atomic E-state index is 12.1. The van der Waals surface area contributed by atoms with E-state index in [1.807, 2.05) is 60.7 Å². The van der Waals surface area contributed by atoms with E-state index in [2.05, 4.69) is 16.0 Å². The number of carbonyl (C=O) groups excluding carboxylic acids is 3. The lowest BCUT2D eigenvalue weighted by Crippen LogP contribution is -2.49. The van der Waals surface area contributed by atoms with Crippen LogP contribution in [0, 0.1) is 21.7 Å². The van der Waals surface area contributed by atoms with Crippen LogP contribution in [0.2, 0.25) is 0 Å². The minimum atomic E-state index is -0.274. The number of rotatable bonds is 6. The van der Waals surface area contributed by atoms with Crippen LogP contribution in [0.25, 0.3) is 0 Å². The summed E-state index contributed by atoms with van der Waals surface area (Å²) in [6.07, 6.45) is 36.4. The van der Waals surface area contributed by atoms with E-state index in [1.54, 1.807) is 0 Å². The summed E-state index contributed by atoms with van der Waals surface area (Å²) in [4.78, 5) is 35.7. The fourth-order valence-electron chi connectivity index (χ4n) is 13.7. The molecule has 3 unspecified atom stereocenters. The van der Waals surface area contributed by atoms with Gasteiger partial charge in [0, 0.05) is 30.0 Å². The van der Waals surface area contributed by atoms with Gasteiger partial charge in [-0.15, -0.1) is 0 Å². The van der Waals surface area contributed by atoms with Crippen molar-refractivity contribution in [3.63, 3.8) is 0 Å². The number of ketones is 1. The van der Waals surface area contributed by atoms with Crippen LogP contribution in [0.4, 0.5) is 9.59 Å². The van der Waals surface area contributed by atoms with Crippen molar-refractivity contribution in [3.8, 4) is 0 Å². The number of nitrogens with two attached hydrogens (primary N) is 1. The summed E-state index contributed by atoms with van der Waals surface area (Å²) in [6, 6.07) is 20.8. The van der Waals surface area contributed by atoms with Crippen molar-refractivity contribution in [2.24, 2.45) is 27.4 Å². The molecule has 5 N–H and O–H groups in total. The van der Waals surface area contributed by atoms with Crippen LogP contribution in [0.3, 0.4) is 0 Å². The second-order valence-electron chi connectivity index (χ2n) is 21.4. The molecule has 64 heavy (non-hydrogen) atoms. The Hall–Kier alpha value is -3.43. The van der Waals surface area contributed by atoms with Crippen molar-refractivity contribution in [1.29, 1.82) is 0 Å². The molecule has 0 bridgehead atoms. The van der Waals surface area contributed by atoms with E-state index >= 15 is 0 Å². The molecule has 1 aliphatic heterocycles. The third-order valence-electron chi connectivity index (χ3n) is 17.6. The SMILES string of the molecule is NC1CCCC12CCCCC2.O=C(NC1CCCC12CCCCC2)OCc1ccccc1.O=C(NC1CCCC12CCNCC2)OCc1ccccc1.O=C1CCCC12CCCCC2. The lowest BCUT2D eigenvalue weighted by molar-refractivity contribution is -0.127. The quantitative estimate of drug-likeness (QED) is 0.227. The molecule has 8 fully saturated rings. The van der Waals surface area contributed by atoms with E-state index in [1.165, 1.54) is 154 Å². The number of hydrogen-bond acceptors (Lipinski definition) is 7. The molecule has 7 aliphatic carbocycles. The molecule has 8 aliphatic rings. The largest absolute Gasteiger partial charge is 0.445 e. The molecule has 10 rings (SSSR count). The number of carbonyl (C=O) groups is 3. The molecule has 7 saturated carbocycles. The Bertz CT molecular complexity index is 1620. The Labute approximate surface area is 386 Å². The first-order chi connectivity index (χ1) is 31.2. The summed E-state index contributed by atoms with van der Waals surface area (Å²) in [6.45, 7) is 2.83. The molecule has 1 heterocycles. The van der Waals surface area contributed by atoms with Crippen molar-refractivity contribution in [2.75, 3.05) is 13.1 Å². The summed E-state index contributed by atoms with van der Waals surface area (Å²) in [5.74, 6) is 0.581. The number of benzene rings is 2. The van der Waals surface area contributed by atoms with E-state index < -0.39 is 0 Å². The first-order valence-corrected chi connectivity index (χ1v) is 26.2. The summed E-state index contributed by atoms with van der Waals surface area (Å²) < 4.78 is 10.7. The average molecular weight is 881 g/mol. The topological polar surface area (TPSA) is 132 Å². The smallest absolute Gasteiger partial charge is 0.407 e. The zero-order valence-corrected chi connectivity index (χ0v) is 39.5. The van der Waals surface area contributed by atoms with Crippen LogP contribution in [-0.4, -0.2) is 49.2 Å². The summed E-state index contributed by atoms with van der Waals surface area (Å²) >= 11 is 0. The highest BCUT2D eigenvalue weighted by Gasteiger charge is 2.46. The number of hydrogen-bond donors (Lipinski definition) is 4. The summed E-state index contributed by atoms with van der Waals surface area (Å²) in [5, 5.41) is 9.68. The molecule has 1 saturated heterocycles.